The molecule has 1 aliphatic heterocycles. The van der Waals surface area contributed by atoms with Gasteiger partial charge in [0.2, 0.25) is 0 Å². The first kappa shape index (κ1) is 18.5. The molecule has 0 aliphatic carbocycles. The standard InChI is InChI=1S/C18H20BrFN4O2/c1-12(26-17(2,3)4)23-9-18(20,10-23)11-25-14-5-15(19)16-13(6-21)7-22-24(16)8-14/h5,7-8H,1,9-11H2,2-4H3. The van der Waals surface area contributed by atoms with Gasteiger partial charge in [-0.05, 0) is 49.3 Å². The summed E-state index contributed by atoms with van der Waals surface area (Å²) in [4.78, 5) is 1.75. The van der Waals surface area contributed by atoms with Crippen LogP contribution in [0.2, 0.25) is 0 Å². The highest BCUT2D eigenvalue weighted by Gasteiger charge is 2.46. The van der Waals surface area contributed by atoms with Crippen LogP contribution < -0.4 is 4.74 Å². The van der Waals surface area contributed by atoms with Crippen LogP contribution in [0.15, 0.2) is 35.4 Å². The molecular formula is C18H20BrFN4O2. The molecule has 0 amide bonds. The van der Waals surface area contributed by atoms with Gasteiger partial charge in [-0.15, -0.1) is 0 Å². The van der Waals surface area contributed by atoms with Gasteiger partial charge in [0.15, 0.2) is 11.6 Å². The molecule has 3 rings (SSSR count). The second-order valence-electron chi connectivity index (χ2n) is 7.39. The first-order chi connectivity index (χ1) is 12.1. The summed E-state index contributed by atoms with van der Waals surface area (Å²) in [6, 6.07) is 3.78. The molecule has 0 aromatic carbocycles. The van der Waals surface area contributed by atoms with Crippen LogP contribution in [-0.2, 0) is 4.74 Å². The van der Waals surface area contributed by atoms with E-state index in [-0.39, 0.29) is 25.3 Å². The summed E-state index contributed by atoms with van der Waals surface area (Å²) in [6.45, 7) is 9.88. The predicted molar refractivity (Wildman–Crippen MR) is 98.5 cm³/mol. The van der Waals surface area contributed by atoms with Crippen molar-refractivity contribution in [3.63, 3.8) is 0 Å². The Morgan fingerprint density at radius 3 is 2.81 bits per heavy atom. The van der Waals surface area contributed by atoms with Crippen molar-refractivity contribution in [1.82, 2.24) is 14.5 Å². The molecule has 0 saturated carbocycles. The third kappa shape index (κ3) is 3.78. The summed E-state index contributed by atoms with van der Waals surface area (Å²) in [7, 11) is 0. The molecule has 0 N–H and O–H groups in total. The topological polar surface area (TPSA) is 62.8 Å². The van der Waals surface area contributed by atoms with Crippen LogP contribution in [0, 0.1) is 11.3 Å². The van der Waals surface area contributed by atoms with Crippen molar-refractivity contribution in [1.29, 1.82) is 5.26 Å². The second-order valence-corrected chi connectivity index (χ2v) is 8.25. The van der Waals surface area contributed by atoms with E-state index < -0.39 is 5.67 Å². The van der Waals surface area contributed by atoms with Gasteiger partial charge in [0.1, 0.15) is 24.0 Å². The van der Waals surface area contributed by atoms with Crippen molar-refractivity contribution < 1.29 is 13.9 Å². The lowest BCUT2D eigenvalue weighted by Gasteiger charge is -2.46. The Morgan fingerprint density at radius 1 is 1.50 bits per heavy atom. The van der Waals surface area contributed by atoms with E-state index in [0.29, 0.717) is 27.2 Å². The fourth-order valence-electron chi connectivity index (χ4n) is 2.75. The zero-order valence-electron chi connectivity index (χ0n) is 14.9. The van der Waals surface area contributed by atoms with Crippen LogP contribution in [0.5, 0.6) is 5.75 Å². The number of nitrogens with zero attached hydrogens (tertiary/aromatic N) is 4. The van der Waals surface area contributed by atoms with Gasteiger partial charge < -0.3 is 14.4 Å². The minimum atomic E-state index is -1.46. The first-order valence-electron chi connectivity index (χ1n) is 8.12. The summed E-state index contributed by atoms with van der Waals surface area (Å²) >= 11 is 3.40. The number of pyridine rings is 1. The molecule has 138 valence electrons. The van der Waals surface area contributed by atoms with E-state index in [1.807, 2.05) is 20.8 Å². The van der Waals surface area contributed by atoms with Gasteiger partial charge in [-0.25, -0.2) is 8.91 Å². The normalized spacial score (nSPS) is 16.1. The van der Waals surface area contributed by atoms with Crippen molar-refractivity contribution >= 4 is 21.4 Å². The SMILES string of the molecule is C=C(OC(C)(C)C)N1CC(F)(COc2cc(Br)c3c(C#N)cnn3c2)C1. The minimum absolute atomic E-state index is 0.0867. The fraction of sp³-hybridized carbons (Fsp3) is 0.444. The number of halogens is 2. The van der Waals surface area contributed by atoms with Gasteiger partial charge in [-0.3, -0.25) is 0 Å². The lowest BCUT2D eigenvalue weighted by molar-refractivity contribution is -0.0934. The van der Waals surface area contributed by atoms with Crippen molar-refractivity contribution in [3.05, 3.63) is 41.0 Å². The van der Waals surface area contributed by atoms with Gasteiger partial charge in [0.25, 0.3) is 0 Å². The summed E-state index contributed by atoms with van der Waals surface area (Å²) in [6.07, 6.45) is 3.10. The Kier molecular flexibility index (Phi) is 4.61. The van der Waals surface area contributed by atoms with E-state index in [2.05, 4.69) is 33.7 Å². The Bertz CT molecular complexity index is 891. The average molecular weight is 423 g/mol. The third-order valence-corrected chi connectivity index (χ3v) is 4.49. The highest BCUT2D eigenvalue weighted by Crippen LogP contribution is 2.32. The quantitative estimate of drug-likeness (QED) is 0.687. The number of rotatable bonds is 5. The van der Waals surface area contributed by atoms with E-state index in [0.717, 1.165) is 0 Å². The summed E-state index contributed by atoms with van der Waals surface area (Å²) < 4.78 is 28.3. The van der Waals surface area contributed by atoms with Gasteiger partial charge in [0, 0.05) is 4.47 Å². The van der Waals surface area contributed by atoms with Crippen LogP contribution in [0.1, 0.15) is 26.3 Å². The highest BCUT2D eigenvalue weighted by atomic mass is 79.9. The zero-order valence-corrected chi connectivity index (χ0v) is 16.5. The molecular weight excluding hydrogens is 403 g/mol. The Hall–Kier alpha value is -2.27. The van der Waals surface area contributed by atoms with Crippen LogP contribution in [0.3, 0.4) is 0 Å². The largest absolute Gasteiger partial charge is 0.488 e. The Morgan fingerprint density at radius 2 is 2.19 bits per heavy atom. The number of likely N-dealkylation sites (tertiary alicyclic amines) is 1. The van der Waals surface area contributed by atoms with Gasteiger partial charge in [-0.1, -0.05) is 0 Å². The first-order valence-corrected chi connectivity index (χ1v) is 8.91. The molecule has 1 aliphatic rings. The van der Waals surface area contributed by atoms with Crippen molar-refractivity contribution in [2.24, 2.45) is 0 Å². The molecule has 2 aromatic rings. The molecule has 1 saturated heterocycles. The maximum Gasteiger partial charge on any atom is 0.182 e. The highest BCUT2D eigenvalue weighted by molar-refractivity contribution is 9.10. The average Bonchev–Trinajstić information content (AvgIpc) is 2.92. The van der Waals surface area contributed by atoms with Crippen molar-refractivity contribution in [3.8, 4) is 11.8 Å². The number of hydrogen-bond acceptors (Lipinski definition) is 5. The predicted octanol–water partition coefficient (Wildman–Crippen LogP) is 3.66. The number of aromatic nitrogens is 2. The molecule has 0 radical (unpaired) electrons. The maximum absolute atomic E-state index is 14.8. The van der Waals surface area contributed by atoms with Gasteiger partial charge in [0.05, 0.1) is 36.6 Å². The van der Waals surface area contributed by atoms with Crippen LogP contribution in [-0.4, -0.2) is 45.5 Å². The molecule has 8 heteroatoms. The number of nitriles is 1. The number of hydrogen-bond donors (Lipinski definition) is 0. The van der Waals surface area contributed by atoms with Crippen LogP contribution in [0.4, 0.5) is 4.39 Å². The third-order valence-electron chi connectivity index (χ3n) is 3.88. The lowest BCUT2D eigenvalue weighted by atomic mass is 9.98. The van der Waals surface area contributed by atoms with Crippen LogP contribution >= 0.6 is 15.9 Å². The van der Waals surface area contributed by atoms with Crippen LogP contribution in [0.25, 0.3) is 5.52 Å². The van der Waals surface area contributed by atoms with Gasteiger partial charge >= 0.3 is 0 Å². The Balaban J connectivity index is 1.61. The zero-order chi connectivity index (χ0) is 19.1. The summed E-state index contributed by atoms with van der Waals surface area (Å²) in [5, 5.41) is 13.2. The maximum atomic E-state index is 14.8. The molecule has 0 atom stereocenters. The summed E-state index contributed by atoms with van der Waals surface area (Å²) in [5.41, 5.74) is -0.721. The monoisotopic (exact) mass is 422 g/mol. The molecule has 0 unspecified atom stereocenters. The van der Waals surface area contributed by atoms with E-state index >= 15 is 0 Å². The van der Waals surface area contributed by atoms with E-state index in [1.54, 1.807) is 17.2 Å². The van der Waals surface area contributed by atoms with E-state index in [1.165, 1.54) is 10.7 Å². The molecule has 0 spiro atoms. The second kappa shape index (κ2) is 6.47. The molecule has 6 nitrogen and oxygen atoms in total. The molecule has 2 aromatic heterocycles. The molecule has 26 heavy (non-hydrogen) atoms. The number of alkyl halides is 1. The van der Waals surface area contributed by atoms with Gasteiger partial charge in [-0.2, -0.15) is 10.4 Å². The van der Waals surface area contributed by atoms with E-state index in [4.69, 9.17) is 14.7 Å². The Labute approximate surface area is 159 Å². The molecule has 3 heterocycles. The smallest absolute Gasteiger partial charge is 0.182 e. The molecule has 0 bridgehead atoms. The number of fused-ring (bicyclic) bond motifs is 1. The minimum Gasteiger partial charge on any atom is -0.488 e. The van der Waals surface area contributed by atoms with Crippen molar-refractivity contribution in [2.75, 3.05) is 19.7 Å². The summed E-state index contributed by atoms with van der Waals surface area (Å²) in [5.74, 6) is 0.938. The van der Waals surface area contributed by atoms with E-state index in [9.17, 15) is 4.39 Å². The number of ether oxygens (including phenoxy) is 2. The fourth-order valence-corrected chi connectivity index (χ4v) is 3.37. The molecule has 1 fully saturated rings. The van der Waals surface area contributed by atoms with Crippen molar-refractivity contribution in [2.45, 2.75) is 32.0 Å². The lowest BCUT2D eigenvalue weighted by Crippen LogP contribution is -2.61.